The van der Waals surface area contributed by atoms with Crippen LogP contribution < -0.4 is 10.0 Å². The van der Waals surface area contributed by atoms with E-state index in [9.17, 15) is 8.42 Å². The van der Waals surface area contributed by atoms with Gasteiger partial charge >= 0.3 is 0 Å². The molecule has 0 unspecified atom stereocenters. The van der Waals surface area contributed by atoms with E-state index in [1.165, 1.54) is 4.88 Å². The van der Waals surface area contributed by atoms with Gasteiger partial charge < -0.3 is 5.32 Å². The summed E-state index contributed by atoms with van der Waals surface area (Å²) in [6, 6.07) is 9.16. The summed E-state index contributed by atoms with van der Waals surface area (Å²) in [5, 5.41) is 5.31. The maximum absolute atomic E-state index is 11.1. The Morgan fingerprint density at radius 1 is 1.16 bits per heavy atom. The minimum Gasteiger partial charge on any atom is -0.380 e. The van der Waals surface area contributed by atoms with E-state index in [-0.39, 0.29) is 0 Å². The summed E-state index contributed by atoms with van der Waals surface area (Å²) in [5.41, 5.74) is 1.50. The van der Waals surface area contributed by atoms with Crippen LogP contribution in [0.2, 0.25) is 0 Å². The zero-order valence-electron chi connectivity index (χ0n) is 10.2. The van der Waals surface area contributed by atoms with Gasteiger partial charge in [0.1, 0.15) is 0 Å². The summed E-state index contributed by atoms with van der Waals surface area (Å²) < 4.78 is 25.7. The van der Waals surface area contributed by atoms with Gasteiger partial charge in [-0.3, -0.25) is 4.72 Å². The van der Waals surface area contributed by atoms with Crippen LogP contribution in [-0.2, 0) is 16.6 Å². The Kier molecular flexibility index (Phi) is 4.49. The number of anilines is 2. The fraction of sp³-hybridized carbons (Fsp3) is 0.167. The van der Waals surface area contributed by atoms with Crippen molar-refractivity contribution in [3.8, 4) is 0 Å². The van der Waals surface area contributed by atoms with E-state index in [0.29, 0.717) is 5.69 Å². The SMILES string of the molecule is CS(=O)(=O)Nc1ccc(NCc2sccc2Br)cc1. The first-order valence-electron chi connectivity index (χ1n) is 5.47. The van der Waals surface area contributed by atoms with Gasteiger partial charge in [0.25, 0.3) is 0 Å². The molecule has 2 rings (SSSR count). The largest absolute Gasteiger partial charge is 0.380 e. The predicted molar refractivity (Wildman–Crippen MR) is 84.3 cm³/mol. The Balaban J connectivity index is 1.97. The summed E-state index contributed by atoms with van der Waals surface area (Å²) in [6.07, 6.45) is 1.13. The molecule has 19 heavy (non-hydrogen) atoms. The first-order chi connectivity index (χ1) is 8.94. The summed E-state index contributed by atoms with van der Waals surface area (Å²) >= 11 is 5.16. The maximum atomic E-state index is 11.1. The van der Waals surface area contributed by atoms with Crippen molar-refractivity contribution in [3.05, 3.63) is 45.1 Å². The third-order valence-corrected chi connectivity index (χ3v) is 4.87. The highest BCUT2D eigenvalue weighted by molar-refractivity contribution is 9.10. The average molecular weight is 361 g/mol. The van der Waals surface area contributed by atoms with Crippen molar-refractivity contribution in [2.24, 2.45) is 0 Å². The van der Waals surface area contributed by atoms with Crippen molar-refractivity contribution in [3.63, 3.8) is 0 Å². The Bertz CT molecular complexity index is 651. The van der Waals surface area contributed by atoms with Crippen LogP contribution in [0.4, 0.5) is 11.4 Å². The van der Waals surface area contributed by atoms with Crippen LogP contribution >= 0.6 is 27.3 Å². The molecule has 0 amide bonds. The normalized spacial score (nSPS) is 11.3. The zero-order chi connectivity index (χ0) is 13.9. The second-order valence-electron chi connectivity index (χ2n) is 4.00. The molecule has 2 aromatic rings. The highest BCUT2D eigenvalue weighted by atomic mass is 79.9. The van der Waals surface area contributed by atoms with E-state index >= 15 is 0 Å². The van der Waals surface area contributed by atoms with Crippen LogP contribution in [-0.4, -0.2) is 14.7 Å². The van der Waals surface area contributed by atoms with Gasteiger partial charge in [0, 0.05) is 20.7 Å². The monoisotopic (exact) mass is 360 g/mol. The molecular formula is C12H13BrN2O2S2. The molecule has 4 nitrogen and oxygen atoms in total. The molecule has 0 spiro atoms. The average Bonchev–Trinajstić information content (AvgIpc) is 2.72. The van der Waals surface area contributed by atoms with Crippen LogP contribution in [0.1, 0.15) is 4.88 Å². The quantitative estimate of drug-likeness (QED) is 0.857. The minimum absolute atomic E-state index is 0.561. The minimum atomic E-state index is -3.22. The van der Waals surface area contributed by atoms with Gasteiger partial charge in [-0.25, -0.2) is 8.42 Å². The molecule has 1 aromatic carbocycles. The van der Waals surface area contributed by atoms with Gasteiger partial charge in [-0.05, 0) is 51.6 Å². The van der Waals surface area contributed by atoms with Crippen LogP contribution in [0.25, 0.3) is 0 Å². The number of rotatable bonds is 5. The first kappa shape index (κ1) is 14.4. The van der Waals surface area contributed by atoms with Crippen molar-refractivity contribution in [1.29, 1.82) is 0 Å². The second kappa shape index (κ2) is 5.94. The molecule has 0 bridgehead atoms. The zero-order valence-corrected chi connectivity index (χ0v) is 13.4. The third-order valence-electron chi connectivity index (χ3n) is 2.33. The number of thiophene rings is 1. The maximum Gasteiger partial charge on any atom is 0.229 e. The summed E-state index contributed by atoms with van der Waals surface area (Å²) in [7, 11) is -3.22. The van der Waals surface area contributed by atoms with Crippen molar-refractivity contribution in [2.75, 3.05) is 16.3 Å². The van der Waals surface area contributed by atoms with E-state index in [4.69, 9.17) is 0 Å². The fourth-order valence-electron chi connectivity index (χ4n) is 1.50. The Labute approximate surface area is 125 Å². The number of hydrogen-bond donors (Lipinski definition) is 2. The van der Waals surface area contributed by atoms with Gasteiger partial charge in [-0.1, -0.05) is 0 Å². The second-order valence-corrected chi connectivity index (χ2v) is 7.60. The van der Waals surface area contributed by atoms with Gasteiger partial charge in [0.05, 0.1) is 12.8 Å². The molecule has 0 saturated heterocycles. The Morgan fingerprint density at radius 3 is 2.32 bits per heavy atom. The lowest BCUT2D eigenvalue weighted by Crippen LogP contribution is -2.09. The van der Waals surface area contributed by atoms with Gasteiger partial charge in [-0.15, -0.1) is 11.3 Å². The van der Waals surface area contributed by atoms with Crippen LogP contribution in [0, 0.1) is 0 Å². The lowest BCUT2D eigenvalue weighted by Gasteiger charge is -2.07. The van der Waals surface area contributed by atoms with E-state index in [1.807, 2.05) is 23.6 Å². The topological polar surface area (TPSA) is 58.2 Å². The fourth-order valence-corrected chi connectivity index (χ4v) is 3.50. The number of halogens is 1. The molecule has 0 aliphatic heterocycles. The molecule has 0 aliphatic carbocycles. The van der Waals surface area contributed by atoms with E-state index in [1.54, 1.807) is 23.5 Å². The number of hydrogen-bond acceptors (Lipinski definition) is 4. The highest BCUT2D eigenvalue weighted by Crippen LogP contribution is 2.24. The van der Waals surface area contributed by atoms with E-state index in [0.717, 1.165) is 23.0 Å². The van der Waals surface area contributed by atoms with E-state index in [2.05, 4.69) is 26.0 Å². The summed E-state index contributed by atoms with van der Waals surface area (Å²) in [4.78, 5) is 1.22. The third kappa shape index (κ3) is 4.52. The molecule has 0 radical (unpaired) electrons. The lowest BCUT2D eigenvalue weighted by molar-refractivity contribution is 0.607. The van der Waals surface area contributed by atoms with Crippen LogP contribution in [0.15, 0.2) is 40.2 Å². The molecule has 2 N–H and O–H groups in total. The van der Waals surface area contributed by atoms with Gasteiger partial charge in [-0.2, -0.15) is 0 Å². The van der Waals surface area contributed by atoms with Crippen molar-refractivity contribution >= 4 is 48.7 Å². The molecule has 0 saturated carbocycles. The molecular weight excluding hydrogens is 348 g/mol. The molecule has 1 aromatic heterocycles. The first-order valence-corrected chi connectivity index (χ1v) is 9.04. The molecule has 1 heterocycles. The molecule has 102 valence electrons. The highest BCUT2D eigenvalue weighted by Gasteiger charge is 2.03. The summed E-state index contributed by atoms with van der Waals surface area (Å²) in [5.74, 6) is 0. The Morgan fingerprint density at radius 2 is 1.79 bits per heavy atom. The molecule has 0 atom stereocenters. The Hall–Kier alpha value is -1.05. The van der Waals surface area contributed by atoms with E-state index < -0.39 is 10.0 Å². The summed E-state index contributed by atoms with van der Waals surface area (Å²) in [6.45, 7) is 0.733. The number of sulfonamides is 1. The number of nitrogens with one attached hydrogen (secondary N) is 2. The smallest absolute Gasteiger partial charge is 0.229 e. The van der Waals surface area contributed by atoms with Crippen LogP contribution in [0.5, 0.6) is 0 Å². The molecule has 7 heteroatoms. The predicted octanol–water partition coefficient (Wildman–Crippen LogP) is 3.49. The standard InChI is InChI=1S/C12H13BrN2O2S2/c1-19(16,17)15-10-4-2-9(3-5-10)14-8-12-11(13)6-7-18-12/h2-7,14-15H,8H2,1H3. The molecule has 0 fully saturated rings. The van der Waals surface area contributed by atoms with Gasteiger partial charge in [0.2, 0.25) is 10.0 Å². The van der Waals surface area contributed by atoms with Crippen LogP contribution in [0.3, 0.4) is 0 Å². The van der Waals surface area contributed by atoms with Crippen molar-refractivity contribution in [2.45, 2.75) is 6.54 Å². The van der Waals surface area contributed by atoms with Gasteiger partial charge in [0.15, 0.2) is 0 Å². The van der Waals surface area contributed by atoms with Crippen molar-refractivity contribution < 1.29 is 8.42 Å². The molecule has 0 aliphatic rings. The van der Waals surface area contributed by atoms with Crippen molar-refractivity contribution in [1.82, 2.24) is 0 Å². The lowest BCUT2D eigenvalue weighted by atomic mass is 10.3. The number of benzene rings is 1.